The van der Waals surface area contributed by atoms with Crippen molar-refractivity contribution in [1.29, 1.82) is 0 Å². The van der Waals surface area contributed by atoms with Crippen LogP contribution < -0.4 is 10.6 Å². The van der Waals surface area contributed by atoms with Crippen LogP contribution >= 0.6 is 11.8 Å². The second-order valence-corrected chi connectivity index (χ2v) is 5.46. The van der Waals surface area contributed by atoms with Gasteiger partial charge in [-0.2, -0.15) is 11.8 Å². The molecular formula is C13H23N3S. The fraction of sp³-hybridized carbons (Fsp3) is 0.615. The Bertz CT molecular complexity index is 341. The maximum Gasteiger partial charge on any atom is 0.128 e. The molecular weight excluding hydrogens is 230 g/mol. The number of hydrogen-bond donors (Lipinski definition) is 1. The topological polar surface area (TPSA) is 42.1 Å². The first kappa shape index (κ1) is 14.3. The first-order valence-electron chi connectivity index (χ1n) is 5.99. The van der Waals surface area contributed by atoms with Crippen LogP contribution in [0.15, 0.2) is 18.3 Å². The molecule has 0 bridgehead atoms. The van der Waals surface area contributed by atoms with E-state index in [0.717, 1.165) is 11.4 Å². The average Bonchev–Trinajstić information content (AvgIpc) is 2.35. The van der Waals surface area contributed by atoms with Gasteiger partial charge in [0.2, 0.25) is 0 Å². The van der Waals surface area contributed by atoms with Gasteiger partial charge in [0.05, 0.1) is 0 Å². The molecule has 0 saturated heterocycles. The average molecular weight is 253 g/mol. The summed E-state index contributed by atoms with van der Waals surface area (Å²) in [5.74, 6) is 2.19. The van der Waals surface area contributed by atoms with Gasteiger partial charge in [-0.05, 0) is 50.0 Å². The van der Waals surface area contributed by atoms with E-state index in [2.05, 4.69) is 36.2 Å². The molecule has 96 valence electrons. The van der Waals surface area contributed by atoms with Gasteiger partial charge in [-0.1, -0.05) is 0 Å². The molecule has 0 aliphatic heterocycles. The molecule has 4 heteroatoms. The Labute approximate surface area is 109 Å². The van der Waals surface area contributed by atoms with E-state index in [1.54, 1.807) is 0 Å². The quantitative estimate of drug-likeness (QED) is 0.846. The number of hydrogen-bond acceptors (Lipinski definition) is 4. The summed E-state index contributed by atoms with van der Waals surface area (Å²) >= 11 is 1.88. The molecule has 1 aromatic heterocycles. The van der Waals surface area contributed by atoms with E-state index in [1.807, 2.05) is 30.9 Å². The van der Waals surface area contributed by atoms with E-state index in [9.17, 15) is 0 Å². The van der Waals surface area contributed by atoms with Crippen LogP contribution in [0.3, 0.4) is 0 Å². The highest BCUT2D eigenvalue weighted by atomic mass is 32.2. The van der Waals surface area contributed by atoms with E-state index in [4.69, 9.17) is 5.73 Å². The molecule has 3 nitrogen and oxygen atoms in total. The summed E-state index contributed by atoms with van der Waals surface area (Å²) in [5, 5.41) is 0. The first-order valence-corrected chi connectivity index (χ1v) is 7.39. The summed E-state index contributed by atoms with van der Waals surface area (Å²) in [7, 11) is 2.10. The lowest BCUT2D eigenvalue weighted by Crippen LogP contribution is -2.30. The van der Waals surface area contributed by atoms with E-state index >= 15 is 0 Å². The maximum atomic E-state index is 5.89. The Kier molecular flexibility index (Phi) is 5.78. The number of thioether (sulfide) groups is 1. The van der Waals surface area contributed by atoms with Crippen molar-refractivity contribution in [2.24, 2.45) is 5.73 Å². The highest BCUT2D eigenvalue weighted by molar-refractivity contribution is 7.98. The Morgan fingerprint density at radius 3 is 2.76 bits per heavy atom. The molecule has 0 spiro atoms. The Hall–Kier alpha value is -0.740. The fourth-order valence-electron chi connectivity index (χ4n) is 1.62. The Morgan fingerprint density at radius 2 is 2.18 bits per heavy atom. The maximum absolute atomic E-state index is 5.89. The van der Waals surface area contributed by atoms with Gasteiger partial charge in [0.25, 0.3) is 0 Å². The summed E-state index contributed by atoms with van der Waals surface area (Å²) in [6.45, 7) is 4.23. The fourth-order valence-corrected chi connectivity index (χ4v) is 2.19. The summed E-state index contributed by atoms with van der Waals surface area (Å²) in [6.07, 6.45) is 5.15. The van der Waals surface area contributed by atoms with Crippen LogP contribution in [0.25, 0.3) is 0 Å². The zero-order valence-corrected chi connectivity index (χ0v) is 12.0. The molecule has 2 N–H and O–H groups in total. The van der Waals surface area contributed by atoms with Crippen LogP contribution in [-0.2, 0) is 0 Å². The number of anilines is 1. The van der Waals surface area contributed by atoms with Crippen LogP contribution in [0.1, 0.15) is 31.9 Å². The molecule has 0 amide bonds. The number of pyridine rings is 1. The van der Waals surface area contributed by atoms with Gasteiger partial charge in [-0.25, -0.2) is 4.98 Å². The van der Waals surface area contributed by atoms with E-state index < -0.39 is 0 Å². The van der Waals surface area contributed by atoms with Crippen molar-refractivity contribution in [1.82, 2.24) is 4.98 Å². The van der Waals surface area contributed by atoms with E-state index in [1.165, 1.54) is 12.2 Å². The van der Waals surface area contributed by atoms with Gasteiger partial charge >= 0.3 is 0 Å². The molecule has 0 fully saturated rings. The molecule has 1 unspecified atom stereocenters. The third-order valence-corrected chi connectivity index (χ3v) is 3.70. The van der Waals surface area contributed by atoms with Crippen molar-refractivity contribution in [2.75, 3.05) is 24.0 Å². The van der Waals surface area contributed by atoms with Crippen molar-refractivity contribution in [3.63, 3.8) is 0 Å². The lowest BCUT2D eigenvalue weighted by atomic mass is 10.1. The normalized spacial score (nSPS) is 14.4. The number of rotatable bonds is 6. The van der Waals surface area contributed by atoms with Gasteiger partial charge in [-0.15, -0.1) is 0 Å². The number of nitrogens with zero attached hydrogens (tertiary/aromatic N) is 2. The lowest BCUT2D eigenvalue weighted by Gasteiger charge is -2.26. The molecule has 17 heavy (non-hydrogen) atoms. The van der Waals surface area contributed by atoms with E-state index in [0.29, 0.717) is 6.04 Å². The minimum Gasteiger partial charge on any atom is -0.357 e. The largest absolute Gasteiger partial charge is 0.357 e. The third kappa shape index (κ3) is 4.21. The number of aromatic nitrogens is 1. The molecule has 0 aromatic carbocycles. The van der Waals surface area contributed by atoms with Crippen LogP contribution in [0.5, 0.6) is 0 Å². The summed E-state index contributed by atoms with van der Waals surface area (Å²) in [4.78, 5) is 6.64. The molecule has 2 atom stereocenters. The van der Waals surface area contributed by atoms with Crippen molar-refractivity contribution in [3.8, 4) is 0 Å². The van der Waals surface area contributed by atoms with Crippen molar-refractivity contribution in [2.45, 2.75) is 32.4 Å². The number of nitrogens with two attached hydrogens (primary N) is 1. The van der Waals surface area contributed by atoms with Crippen LogP contribution in [0, 0.1) is 0 Å². The Balaban J connectivity index is 2.74. The van der Waals surface area contributed by atoms with Gasteiger partial charge in [0.15, 0.2) is 0 Å². The molecule has 0 aliphatic carbocycles. The van der Waals surface area contributed by atoms with Crippen molar-refractivity contribution >= 4 is 17.6 Å². The zero-order valence-electron chi connectivity index (χ0n) is 11.2. The van der Waals surface area contributed by atoms with Gasteiger partial charge in [0, 0.05) is 25.3 Å². The lowest BCUT2D eigenvalue weighted by molar-refractivity contribution is 0.661. The first-order chi connectivity index (χ1) is 8.06. The predicted octanol–water partition coefficient (Wildman–Crippen LogP) is 2.68. The SMILES string of the molecule is CSCCC(C)N(C)c1cc([C@@H](C)N)ccn1. The van der Waals surface area contributed by atoms with Gasteiger partial charge < -0.3 is 10.6 Å². The standard InChI is InChI=1S/C13H23N3S/c1-10(6-8-17-4)16(3)13-9-12(11(2)14)5-7-15-13/h5,7,9-11H,6,8,14H2,1-4H3/t10?,11-/m1/s1. The van der Waals surface area contributed by atoms with Crippen LogP contribution in [-0.4, -0.2) is 30.1 Å². The highest BCUT2D eigenvalue weighted by Crippen LogP contribution is 2.18. The molecule has 1 rings (SSSR count). The smallest absolute Gasteiger partial charge is 0.128 e. The Morgan fingerprint density at radius 1 is 1.47 bits per heavy atom. The molecule has 0 radical (unpaired) electrons. The van der Waals surface area contributed by atoms with Crippen LogP contribution in [0.2, 0.25) is 0 Å². The van der Waals surface area contributed by atoms with Crippen LogP contribution in [0.4, 0.5) is 5.82 Å². The minimum absolute atomic E-state index is 0.0617. The summed E-state index contributed by atoms with van der Waals surface area (Å²) in [5.41, 5.74) is 7.03. The molecule has 1 aromatic rings. The monoisotopic (exact) mass is 253 g/mol. The van der Waals surface area contributed by atoms with Crippen molar-refractivity contribution in [3.05, 3.63) is 23.9 Å². The predicted molar refractivity (Wildman–Crippen MR) is 77.7 cm³/mol. The minimum atomic E-state index is 0.0617. The second-order valence-electron chi connectivity index (χ2n) is 4.48. The van der Waals surface area contributed by atoms with Gasteiger partial charge in [0.1, 0.15) is 5.82 Å². The van der Waals surface area contributed by atoms with E-state index in [-0.39, 0.29) is 6.04 Å². The molecule has 1 heterocycles. The molecule has 0 aliphatic rings. The zero-order chi connectivity index (χ0) is 12.8. The van der Waals surface area contributed by atoms with Gasteiger partial charge in [-0.3, -0.25) is 0 Å². The second kappa shape index (κ2) is 6.87. The highest BCUT2D eigenvalue weighted by Gasteiger charge is 2.11. The van der Waals surface area contributed by atoms with Crippen molar-refractivity contribution < 1.29 is 0 Å². The summed E-state index contributed by atoms with van der Waals surface area (Å²) < 4.78 is 0. The molecule has 0 saturated carbocycles. The summed E-state index contributed by atoms with van der Waals surface area (Å²) in [6, 6.07) is 4.62. The third-order valence-electron chi connectivity index (χ3n) is 3.06.